The molecule has 0 saturated carbocycles. The van der Waals surface area contributed by atoms with Crippen molar-refractivity contribution in [2.75, 3.05) is 6.61 Å². The van der Waals surface area contributed by atoms with Crippen molar-refractivity contribution in [3.05, 3.63) is 34.9 Å². The van der Waals surface area contributed by atoms with Crippen LogP contribution in [0.15, 0.2) is 18.2 Å². The molecule has 0 aliphatic rings. The fourth-order valence-corrected chi connectivity index (χ4v) is 2.32. The molecule has 0 bridgehead atoms. The maximum absolute atomic E-state index is 12.5. The van der Waals surface area contributed by atoms with E-state index in [-0.39, 0.29) is 28.0 Å². The fraction of sp³-hybridized carbons (Fsp3) is 0.611. The van der Waals surface area contributed by atoms with E-state index in [1.54, 1.807) is 0 Å². The molecular formula is C18H27BrO2. The van der Waals surface area contributed by atoms with Crippen LogP contribution in [0.3, 0.4) is 0 Å². The zero-order valence-electron chi connectivity index (χ0n) is 14.0. The molecule has 0 radical (unpaired) electrons. The number of hydrogen-bond acceptors (Lipinski definition) is 2. The molecule has 1 aromatic carbocycles. The van der Waals surface area contributed by atoms with Crippen LogP contribution in [0.2, 0.25) is 0 Å². The minimum Gasteiger partial charge on any atom is -0.395 e. The summed E-state index contributed by atoms with van der Waals surface area (Å²) < 4.78 is 0. The normalized spacial score (nSPS) is 14.1. The van der Waals surface area contributed by atoms with Gasteiger partial charge in [0.2, 0.25) is 0 Å². The van der Waals surface area contributed by atoms with E-state index in [0.717, 1.165) is 23.1 Å². The second-order valence-corrected chi connectivity index (χ2v) is 8.44. The number of Topliss-reactive ketones (excluding diaryl/α,β-unsaturated/α-hetero) is 1. The predicted octanol–water partition coefficient (Wildman–Crippen LogP) is 4.61. The summed E-state index contributed by atoms with van der Waals surface area (Å²) in [6.07, 6.45) is 0.761. The van der Waals surface area contributed by atoms with Crippen molar-refractivity contribution in [3.8, 4) is 0 Å². The van der Waals surface area contributed by atoms with Crippen LogP contribution < -0.4 is 0 Å². The molecule has 1 N–H and O–H groups in total. The molecule has 0 spiro atoms. The lowest BCUT2D eigenvalue weighted by Crippen LogP contribution is -2.25. The highest BCUT2D eigenvalue weighted by Gasteiger charge is 2.26. The van der Waals surface area contributed by atoms with Crippen molar-refractivity contribution in [3.63, 3.8) is 0 Å². The highest BCUT2D eigenvalue weighted by Crippen LogP contribution is 2.31. The Bertz CT molecular complexity index is 512. The zero-order chi connectivity index (χ0) is 16.4. The summed E-state index contributed by atoms with van der Waals surface area (Å²) in [5.74, 6) is 0.110. The minimum atomic E-state index is -0.357. The van der Waals surface area contributed by atoms with Crippen molar-refractivity contribution in [1.29, 1.82) is 0 Å². The zero-order valence-corrected chi connectivity index (χ0v) is 15.5. The van der Waals surface area contributed by atoms with Crippen molar-refractivity contribution < 1.29 is 9.90 Å². The summed E-state index contributed by atoms with van der Waals surface area (Å²) >= 11 is 3.45. The Morgan fingerprint density at radius 3 is 2.10 bits per heavy atom. The van der Waals surface area contributed by atoms with Gasteiger partial charge >= 0.3 is 0 Å². The number of benzene rings is 1. The van der Waals surface area contributed by atoms with E-state index in [0.29, 0.717) is 0 Å². The van der Waals surface area contributed by atoms with E-state index in [9.17, 15) is 9.90 Å². The first-order valence-corrected chi connectivity index (χ1v) is 8.39. The quantitative estimate of drug-likeness (QED) is 0.619. The SMILES string of the molecule is CCC(Br)C(=O)c1cc(C(C)(C)C)cc(C(C)(C)CO)c1. The highest BCUT2D eigenvalue weighted by atomic mass is 79.9. The number of carbonyl (C=O) groups is 1. The molecule has 1 unspecified atom stereocenters. The molecule has 3 heteroatoms. The Morgan fingerprint density at radius 1 is 1.14 bits per heavy atom. The van der Waals surface area contributed by atoms with Gasteiger partial charge in [-0.2, -0.15) is 0 Å². The average Bonchev–Trinajstić information content (AvgIpc) is 2.44. The molecule has 1 atom stereocenters. The molecular weight excluding hydrogens is 328 g/mol. The first kappa shape index (κ1) is 18.4. The maximum atomic E-state index is 12.5. The van der Waals surface area contributed by atoms with Crippen LogP contribution >= 0.6 is 15.9 Å². The number of rotatable bonds is 5. The summed E-state index contributed by atoms with van der Waals surface area (Å²) in [5.41, 5.74) is 2.47. The topological polar surface area (TPSA) is 37.3 Å². The molecule has 0 heterocycles. The van der Waals surface area contributed by atoms with Gasteiger partial charge in [-0.15, -0.1) is 0 Å². The largest absolute Gasteiger partial charge is 0.395 e. The van der Waals surface area contributed by atoms with Crippen molar-refractivity contribution in [2.24, 2.45) is 0 Å². The standard InChI is InChI=1S/C18H27BrO2/c1-7-15(19)16(21)12-8-13(17(2,3)4)10-14(9-12)18(5,6)11-20/h8-10,15,20H,7,11H2,1-6H3. The minimum absolute atomic E-state index is 0.0371. The van der Waals surface area contributed by atoms with Crippen LogP contribution in [-0.4, -0.2) is 22.3 Å². The van der Waals surface area contributed by atoms with E-state index >= 15 is 0 Å². The van der Waals surface area contributed by atoms with E-state index < -0.39 is 0 Å². The molecule has 0 aliphatic heterocycles. The third-order valence-corrected chi connectivity index (χ3v) is 4.97. The number of aliphatic hydroxyl groups excluding tert-OH is 1. The van der Waals surface area contributed by atoms with E-state index in [1.807, 2.05) is 32.9 Å². The van der Waals surface area contributed by atoms with Crippen LogP contribution in [-0.2, 0) is 10.8 Å². The van der Waals surface area contributed by atoms with Gasteiger partial charge in [0.1, 0.15) is 0 Å². The summed E-state index contributed by atoms with van der Waals surface area (Å²) in [6.45, 7) is 12.4. The molecule has 0 aliphatic carbocycles. The van der Waals surface area contributed by atoms with Gasteiger partial charge in [-0.1, -0.05) is 63.5 Å². The summed E-state index contributed by atoms with van der Waals surface area (Å²) in [7, 11) is 0. The molecule has 0 fully saturated rings. The first-order valence-electron chi connectivity index (χ1n) is 7.48. The summed E-state index contributed by atoms with van der Waals surface area (Å²) in [6, 6.07) is 6.03. The molecule has 0 saturated heterocycles. The van der Waals surface area contributed by atoms with Gasteiger partial charge in [-0.05, 0) is 35.1 Å². The monoisotopic (exact) mass is 354 g/mol. The van der Waals surface area contributed by atoms with Gasteiger partial charge in [-0.3, -0.25) is 4.79 Å². The van der Waals surface area contributed by atoms with E-state index in [2.05, 4.69) is 42.8 Å². The summed E-state index contributed by atoms with van der Waals surface area (Å²) in [5, 5.41) is 9.63. The van der Waals surface area contributed by atoms with Crippen LogP contribution in [0.4, 0.5) is 0 Å². The first-order chi connectivity index (χ1) is 9.52. The lowest BCUT2D eigenvalue weighted by Gasteiger charge is -2.27. The Balaban J connectivity index is 3.45. The lowest BCUT2D eigenvalue weighted by atomic mass is 9.78. The molecule has 2 nitrogen and oxygen atoms in total. The third kappa shape index (κ3) is 4.40. The number of hydrogen-bond donors (Lipinski definition) is 1. The number of aliphatic hydroxyl groups is 1. The molecule has 0 aromatic heterocycles. The molecule has 1 rings (SSSR count). The van der Waals surface area contributed by atoms with Crippen molar-refractivity contribution in [1.82, 2.24) is 0 Å². The van der Waals surface area contributed by atoms with Crippen LogP contribution in [0, 0.1) is 0 Å². The van der Waals surface area contributed by atoms with Crippen molar-refractivity contribution >= 4 is 21.7 Å². The Hall–Kier alpha value is -0.670. The molecule has 118 valence electrons. The highest BCUT2D eigenvalue weighted by molar-refractivity contribution is 9.10. The van der Waals surface area contributed by atoms with Gasteiger partial charge in [0.05, 0.1) is 11.4 Å². The molecule has 0 amide bonds. The van der Waals surface area contributed by atoms with Crippen LogP contribution in [0.1, 0.15) is 69.4 Å². The third-order valence-electron chi connectivity index (χ3n) is 3.90. The Labute approximate surface area is 137 Å². The smallest absolute Gasteiger partial charge is 0.176 e. The van der Waals surface area contributed by atoms with Gasteiger partial charge < -0.3 is 5.11 Å². The van der Waals surface area contributed by atoms with Gasteiger partial charge in [-0.25, -0.2) is 0 Å². The lowest BCUT2D eigenvalue weighted by molar-refractivity contribution is 0.0989. The predicted molar refractivity (Wildman–Crippen MR) is 92.6 cm³/mol. The van der Waals surface area contributed by atoms with Gasteiger partial charge in [0.15, 0.2) is 5.78 Å². The second kappa shape index (κ2) is 6.62. The van der Waals surface area contributed by atoms with E-state index in [1.165, 1.54) is 0 Å². The van der Waals surface area contributed by atoms with Gasteiger partial charge in [0.25, 0.3) is 0 Å². The molecule has 1 aromatic rings. The summed E-state index contributed by atoms with van der Waals surface area (Å²) in [4.78, 5) is 12.4. The average molecular weight is 355 g/mol. The number of alkyl halides is 1. The Morgan fingerprint density at radius 2 is 1.67 bits per heavy atom. The Kier molecular flexibility index (Phi) is 5.79. The van der Waals surface area contributed by atoms with Crippen LogP contribution in [0.5, 0.6) is 0 Å². The fourth-order valence-electron chi connectivity index (χ4n) is 2.05. The van der Waals surface area contributed by atoms with E-state index in [4.69, 9.17) is 0 Å². The molecule has 21 heavy (non-hydrogen) atoms. The number of carbonyl (C=O) groups excluding carboxylic acids is 1. The number of ketones is 1. The van der Waals surface area contributed by atoms with Crippen molar-refractivity contribution in [2.45, 2.75) is 63.6 Å². The van der Waals surface area contributed by atoms with Crippen LogP contribution in [0.25, 0.3) is 0 Å². The van der Waals surface area contributed by atoms with Gasteiger partial charge in [0, 0.05) is 11.0 Å². The number of halogens is 1. The maximum Gasteiger partial charge on any atom is 0.176 e. The second-order valence-electron chi connectivity index (χ2n) is 7.33.